The molecular weight excluding hydrogens is 255 g/mol. The van der Waals surface area contributed by atoms with Gasteiger partial charge in [0.25, 0.3) is 0 Å². The summed E-state index contributed by atoms with van der Waals surface area (Å²) in [5, 5.41) is 0. The van der Waals surface area contributed by atoms with Crippen LogP contribution in [0.2, 0.25) is 0 Å². The van der Waals surface area contributed by atoms with Crippen LogP contribution in [0.4, 0.5) is 0 Å². The summed E-state index contributed by atoms with van der Waals surface area (Å²) in [6.45, 7) is 7.58. The minimum Gasteiger partial charge on any atom is -0.362 e. The number of rotatable bonds is 6. The van der Waals surface area contributed by atoms with Crippen LogP contribution in [0.1, 0.15) is 19.8 Å². The second kappa shape index (κ2) is 9.16. The van der Waals surface area contributed by atoms with Crippen LogP contribution in [0.3, 0.4) is 0 Å². The van der Waals surface area contributed by atoms with E-state index in [9.17, 15) is 4.57 Å². The van der Waals surface area contributed by atoms with Crippen molar-refractivity contribution in [2.45, 2.75) is 19.8 Å². The SMILES string of the molecule is C=CCOP(=O)(O)O.CCCCN1C=CN(C)C1. The minimum atomic E-state index is -4.25. The first kappa shape index (κ1) is 17.2. The normalized spacial score (nSPS) is 14.4. The van der Waals surface area contributed by atoms with Gasteiger partial charge in [0.2, 0.25) is 0 Å². The Morgan fingerprint density at radius 1 is 1.50 bits per heavy atom. The molecule has 106 valence electrons. The summed E-state index contributed by atoms with van der Waals surface area (Å²) in [5.41, 5.74) is 0. The molecule has 1 aliphatic heterocycles. The van der Waals surface area contributed by atoms with Crippen LogP contribution in [0, 0.1) is 0 Å². The van der Waals surface area contributed by atoms with Crippen LogP contribution in [-0.2, 0) is 9.09 Å². The predicted octanol–water partition coefficient (Wildman–Crippen LogP) is 1.74. The molecule has 0 radical (unpaired) electrons. The highest BCUT2D eigenvalue weighted by molar-refractivity contribution is 7.46. The lowest BCUT2D eigenvalue weighted by atomic mass is 10.3. The Hall–Kier alpha value is -0.810. The first-order valence-electron chi connectivity index (χ1n) is 5.82. The smallest absolute Gasteiger partial charge is 0.362 e. The molecule has 18 heavy (non-hydrogen) atoms. The number of phosphoric acid groups is 1. The van der Waals surface area contributed by atoms with Gasteiger partial charge in [-0.25, -0.2) is 4.57 Å². The molecule has 1 rings (SSSR count). The van der Waals surface area contributed by atoms with Crippen LogP contribution in [0.15, 0.2) is 25.1 Å². The molecule has 0 unspecified atom stereocenters. The second-order valence-electron chi connectivity index (χ2n) is 3.94. The zero-order valence-corrected chi connectivity index (χ0v) is 11.9. The van der Waals surface area contributed by atoms with Crippen molar-refractivity contribution >= 4 is 7.82 Å². The van der Waals surface area contributed by atoms with Gasteiger partial charge >= 0.3 is 7.82 Å². The first-order chi connectivity index (χ1) is 8.39. The largest absolute Gasteiger partial charge is 0.469 e. The maximum atomic E-state index is 9.81. The van der Waals surface area contributed by atoms with Gasteiger partial charge in [0.15, 0.2) is 0 Å². The lowest BCUT2D eigenvalue weighted by Crippen LogP contribution is -2.23. The fraction of sp³-hybridized carbons (Fsp3) is 0.636. The molecule has 0 aromatic rings. The van der Waals surface area contributed by atoms with Crippen molar-refractivity contribution in [1.82, 2.24) is 9.80 Å². The molecule has 6 nitrogen and oxygen atoms in total. The average molecular weight is 278 g/mol. The van der Waals surface area contributed by atoms with Crippen molar-refractivity contribution in [3.05, 3.63) is 25.1 Å². The fourth-order valence-corrected chi connectivity index (χ4v) is 1.54. The van der Waals surface area contributed by atoms with Gasteiger partial charge in [-0.15, -0.1) is 6.58 Å². The van der Waals surface area contributed by atoms with E-state index in [0.29, 0.717) is 0 Å². The summed E-state index contributed by atoms with van der Waals surface area (Å²) in [6, 6.07) is 0. The molecule has 0 atom stereocenters. The summed E-state index contributed by atoms with van der Waals surface area (Å²) in [4.78, 5) is 20.5. The lowest BCUT2D eigenvalue weighted by Gasteiger charge is -2.17. The van der Waals surface area contributed by atoms with Gasteiger partial charge in [0.05, 0.1) is 13.3 Å². The molecule has 0 saturated carbocycles. The fourth-order valence-electron chi connectivity index (χ4n) is 1.25. The van der Waals surface area contributed by atoms with Gasteiger partial charge in [-0.1, -0.05) is 19.4 Å². The predicted molar refractivity (Wildman–Crippen MR) is 71.6 cm³/mol. The minimum absolute atomic E-state index is 0.121. The molecule has 1 heterocycles. The third-order valence-electron chi connectivity index (χ3n) is 2.10. The van der Waals surface area contributed by atoms with Crippen molar-refractivity contribution in [1.29, 1.82) is 0 Å². The molecule has 0 fully saturated rings. The van der Waals surface area contributed by atoms with Crippen molar-refractivity contribution in [2.24, 2.45) is 0 Å². The van der Waals surface area contributed by atoms with Gasteiger partial charge < -0.3 is 19.6 Å². The quantitative estimate of drug-likeness (QED) is 0.569. The highest BCUT2D eigenvalue weighted by Gasteiger charge is 2.10. The summed E-state index contributed by atoms with van der Waals surface area (Å²) in [6.07, 6.45) is 8.14. The summed E-state index contributed by atoms with van der Waals surface area (Å²) >= 11 is 0. The summed E-state index contributed by atoms with van der Waals surface area (Å²) < 4.78 is 13.7. The Bertz CT molecular complexity index is 303. The number of hydrogen-bond donors (Lipinski definition) is 2. The van der Waals surface area contributed by atoms with E-state index >= 15 is 0 Å². The van der Waals surface area contributed by atoms with E-state index in [4.69, 9.17) is 9.79 Å². The molecule has 0 aromatic carbocycles. The standard InChI is InChI=1S/C8H16N2.C3H7O4P/c1-3-4-5-10-7-6-9(2)8-10;1-2-3-7-8(4,5)6/h6-7H,3-5,8H2,1-2H3;2H,1,3H2,(H2,4,5,6). The van der Waals surface area contributed by atoms with Crippen LogP contribution in [0.25, 0.3) is 0 Å². The maximum absolute atomic E-state index is 9.81. The molecular formula is C11H23N2O4P. The highest BCUT2D eigenvalue weighted by Crippen LogP contribution is 2.35. The molecule has 0 aliphatic carbocycles. The Morgan fingerprint density at radius 2 is 2.17 bits per heavy atom. The Kier molecular flexibility index (Phi) is 8.75. The van der Waals surface area contributed by atoms with E-state index in [1.54, 1.807) is 0 Å². The Labute approximate surface area is 109 Å². The molecule has 1 aliphatic rings. The summed E-state index contributed by atoms with van der Waals surface area (Å²) in [7, 11) is -2.15. The number of hydrogen-bond acceptors (Lipinski definition) is 4. The lowest BCUT2D eigenvalue weighted by molar-refractivity contribution is 0.216. The van der Waals surface area contributed by atoms with Crippen LogP contribution < -0.4 is 0 Å². The maximum Gasteiger partial charge on any atom is 0.469 e. The zero-order valence-electron chi connectivity index (χ0n) is 11.0. The van der Waals surface area contributed by atoms with Gasteiger partial charge in [0, 0.05) is 26.0 Å². The zero-order chi connectivity index (χ0) is 14.0. The van der Waals surface area contributed by atoms with Crippen molar-refractivity contribution in [3.63, 3.8) is 0 Å². The molecule has 7 heteroatoms. The number of unbranched alkanes of at least 4 members (excludes halogenated alkanes) is 1. The van der Waals surface area contributed by atoms with E-state index in [1.807, 2.05) is 0 Å². The molecule has 0 aromatic heterocycles. The van der Waals surface area contributed by atoms with Crippen molar-refractivity contribution in [3.8, 4) is 0 Å². The van der Waals surface area contributed by atoms with Crippen LogP contribution >= 0.6 is 7.82 Å². The van der Waals surface area contributed by atoms with Gasteiger partial charge in [-0.2, -0.15) is 0 Å². The van der Waals surface area contributed by atoms with E-state index in [1.165, 1.54) is 25.5 Å². The van der Waals surface area contributed by atoms with Crippen LogP contribution in [0.5, 0.6) is 0 Å². The molecule has 2 N–H and O–H groups in total. The van der Waals surface area contributed by atoms with Gasteiger partial charge in [-0.05, 0) is 6.42 Å². The Morgan fingerprint density at radius 3 is 2.50 bits per heavy atom. The molecule has 0 bridgehead atoms. The average Bonchev–Trinajstić information content (AvgIpc) is 2.69. The summed E-state index contributed by atoms with van der Waals surface area (Å²) in [5.74, 6) is 0. The van der Waals surface area contributed by atoms with Gasteiger partial charge in [0.1, 0.15) is 0 Å². The van der Waals surface area contributed by atoms with E-state index in [2.05, 4.69) is 47.3 Å². The van der Waals surface area contributed by atoms with E-state index in [0.717, 1.165) is 6.67 Å². The molecule has 0 spiro atoms. The third kappa shape index (κ3) is 10.4. The number of phosphoric ester groups is 1. The molecule has 0 saturated heterocycles. The Balaban J connectivity index is 0.000000331. The van der Waals surface area contributed by atoms with Crippen molar-refractivity contribution in [2.75, 3.05) is 26.9 Å². The third-order valence-corrected chi connectivity index (χ3v) is 2.58. The number of nitrogens with zero attached hydrogens (tertiary/aromatic N) is 2. The van der Waals surface area contributed by atoms with Crippen LogP contribution in [-0.4, -0.2) is 46.5 Å². The van der Waals surface area contributed by atoms with E-state index < -0.39 is 7.82 Å². The monoisotopic (exact) mass is 278 g/mol. The second-order valence-corrected chi connectivity index (χ2v) is 5.18. The van der Waals surface area contributed by atoms with Gasteiger partial charge in [-0.3, -0.25) is 4.52 Å². The van der Waals surface area contributed by atoms with Crippen molar-refractivity contribution < 1.29 is 18.9 Å². The first-order valence-corrected chi connectivity index (χ1v) is 7.35. The van der Waals surface area contributed by atoms with E-state index in [-0.39, 0.29) is 6.61 Å². The highest BCUT2D eigenvalue weighted by atomic mass is 31.2. The topological polar surface area (TPSA) is 73.2 Å². The molecule has 0 amide bonds.